The van der Waals surface area contributed by atoms with Gasteiger partial charge in [-0.15, -0.1) is 0 Å². The highest BCUT2D eigenvalue weighted by Crippen LogP contribution is 2.41. The highest BCUT2D eigenvalue weighted by atomic mass is 32.2. The lowest BCUT2D eigenvalue weighted by Crippen LogP contribution is -2.29. The molecule has 2 aromatic rings. The molecular formula is C19H21N3O2S. The smallest absolute Gasteiger partial charge is 0.277 e. The minimum Gasteiger partial charge on any atom is -0.488 e. The molecule has 1 atom stereocenters. The van der Waals surface area contributed by atoms with Crippen molar-refractivity contribution in [1.82, 2.24) is 9.29 Å². The van der Waals surface area contributed by atoms with Crippen LogP contribution in [0.3, 0.4) is 0 Å². The van der Waals surface area contributed by atoms with Crippen molar-refractivity contribution in [3.8, 4) is 0 Å². The van der Waals surface area contributed by atoms with Gasteiger partial charge in [-0.2, -0.15) is 0 Å². The zero-order chi connectivity index (χ0) is 17.8. The fourth-order valence-electron chi connectivity index (χ4n) is 2.46. The van der Waals surface area contributed by atoms with E-state index in [9.17, 15) is 4.79 Å². The molecule has 0 aliphatic carbocycles. The Bertz CT molecular complexity index is 792. The molecule has 3 rings (SSSR count). The van der Waals surface area contributed by atoms with Crippen molar-refractivity contribution < 1.29 is 9.53 Å². The summed E-state index contributed by atoms with van der Waals surface area (Å²) in [6.45, 7) is 4.07. The average Bonchev–Trinajstić information content (AvgIpc) is 2.62. The molecule has 1 aromatic heterocycles. The fourth-order valence-corrected chi connectivity index (χ4v) is 3.41. The highest BCUT2D eigenvalue weighted by Gasteiger charge is 2.30. The Morgan fingerprint density at radius 2 is 2.04 bits per heavy atom. The lowest BCUT2D eigenvalue weighted by Gasteiger charge is -2.31. The first-order chi connectivity index (χ1) is 12.1. The monoisotopic (exact) mass is 355 g/mol. The van der Waals surface area contributed by atoms with Gasteiger partial charge < -0.3 is 14.4 Å². The van der Waals surface area contributed by atoms with Crippen LogP contribution < -0.4 is 5.32 Å². The summed E-state index contributed by atoms with van der Waals surface area (Å²) >= 11 is 1.51. The van der Waals surface area contributed by atoms with Crippen LogP contribution in [0.1, 0.15) is 25.8 Å². The Labute approximate surface area is 152 Å². The predicted molar refractivity (Wildman–Crippen MR) is 101 cm³/mol. The summed E-state index contributed by atoms with van der Waals surface area (Å²) in [5.41, 5.74) is 1.44. The number of aromatic nitrogens is 1. The van der Waals surface area contributed by atoms with Crippen molar-refractivity contribution in [1.29, 1.82) is 0 Å². The van der Waals surface area contributed by atoms with Gasteiger partial charge in [-0.3, -0.25) is 4.79 Å². The topological polar surface area (TPSA) is 54.5 Å². The van der Waals surface area contributed by atoms with Crippen LogP contribution in [0.15, 0.2) is 59.3 Å². The number of ether oxygens (including phenoxy) is 1. The van der Waals surface area contributed by atoms with Gasteiger partial charge in [0, 0.05) is 23.7 Å². The van der Waals surface area contributed by atoms with Crippen LogP contribution in [0.5, 0.6) is 0 Å². The second-order valence-electron chi connectivity index (χ2n) is 5.77. The molecule has 130 valence electrons. The molecule has 6 heteroatoms. The number of benzene rings is 1. The lowest BCUT2D eigenvalue weighted by molar-refractivity contribution is -0.113. The predicted octanol–water partition coefficient (Wildman–Crippen LogP) is 4.16. The standard InChI is InChI=1S/C19H21N3O2S/c1-4-13(2)24-18-14-9-5-6-10-15(14)25-22(3)17(18)19(23)21-16-11-7-8-12-20-16/h5-13H,4H2,1-3H3,(H,20,21,23). The van der Waals surface area contributed by atoms with E-state index in [1.54, 1.807) is 12.3 Å². The van der Waals surface area contributed by atoms with Gasteiger partial charge in [0.15, 0.2) is 11.5 Å². The molecule has 0 bridgehead atoms. The van der Waals surface area contributed by atoms with Gasteiger partial charge in [-0.1, -0.05) is 25.1 Å². The summed E-state index contributed by atoms with van der Waals surface area (Å²) in [5.74, 6) is 0.890. The first kappa shape index (κ1) is 17.4. The Morgan fingerprint density at radius 3 is 2.76 bits per heavy atom. The van der Waals surface area contributed by atoms with Crippen LogP contribution in [-0.4, -0.2) is 28.3 Å². The van der Waals surface area contributed by atoms with Gasteiger partial charge in [0.25, 0.3) is 5.91 Å². The Morgan fingerprint density at radius 1 is 1.28 bits per heavy atom. The van der Waals surface area contributed by atoms with Crippen LogP contribution in [0.2, 0.25) is 0 Å². The summed E-state index contributed by atoms with van der Waals surface area (Å²) in [6.07, 6.45) is 2.52. The number of rotatable bonds is 5. The summed E-state index contributed by atoms with van der Waals surface area (Å²) in [7, 11) is 1.87. The molecule has 2 heterocycles. The molecule has 1 aliphatic rings. The summed E-state index contributed by atoms with van der Waals surface area (Å²) in [4.78, 5) is 18.2. The number of hydrogen-bond acceptors (Lipinski definition) is 5. The molecule has 1 unspecified atom stereocenters. The van der Waals surface area contributed by atoms with Crippen LogP contribution in [0.4, 0.5) is 5.82 Å². The first-order valence-electron chi connectivity index (χ1n) is 8.24. The number of carbonyl (C=O) groups excluding carboxylic acids is 1. The molecule has 1 N–H and O–H groups in total. The van der Waals surface area contributed by atoms with E-state index in [2.05, 4.69) is 17.2 Å². The normalized spacial score (nSPS) is 14.8. The van der Waals surface area contributed by atoms with Crippen LogP contribution in [-0.2, 0) is 9.53 Å². The van der Waals surface area contributed by atoms with Crippen molar-refractivity contribution in [2.45, 2.75) is 31.3 Å². The van der Waals surface area contributed by atoms with Crippen molar-refractivity contribution in [2.24, 2.45) is 0 Å². The minimum atomic E-state index is -0.235. The fraction of sp³-hybridized carbons (Fsp3) is 0.263. The molecule has 0 spiro atoms. The number of anilines is 1. The number of hydrogen-bond donors (Lipinski definition) is 1. The van der Waals surface area contributed by atoms with Gasteiger partial charge >= 0.3 is 0 Å². The molecule has 1 aromatic carbocycles. The van der Waals surface area contributed by atoms with Crippen molar-refractivity contribution >= 4 is 29.4 Å². The zero-order valence-electron chi connectivity index (χ0n) is 14.5. The SMILES string of the molecule is CCC(C)OC1=C(C(=O)Nc2ccccn2)N(C)Sc2ccccc21. The van der Waals surface area contributed by atoms with E-state index in [1.807, 2.05) is 54.7 Å². The van der Waals surface area contributed by atoms with Crippen LogP contribution >= 0.6 is 11.9 Å². The Hall–Kier alpha value is -2.47. The third kappa shape index (κ3) is 3.79. The Balaban J connectivity index is 2.02. The van der Waals surface area contributed by atoms with Gasteiger partial charge in [-0.05, 0) is 49.6 Å². The summed E-state index contributed by atoms with van der Waals surface area (Å²) < 4.78 is 8.00. The zero-order valence-corrected chi connectivity index (χ0v) is 15.3. The molecule has 0 radical (unpaired) electrons. The number of fused-ring (bicyclic) bond motifs is 1. The van der Waals surface area contributed by atoms with Crippen LogP contribution in [0, 0.1) is 0 Å². The van der Waals surface area contributed by atoms with Gasteiger partial charge in [0.05, 0.1) is 6.10 Å². The highest BCUT2D eigenvalue weighted by molar-refractivity contribution is 7.97. The molecule has 0 saturated carbocycles. The maximum atomic E-state index is 12.9. The third-order valence-corrected chi connectivity index (χ3v) is 4.92. The van der Waals surface area contributed by atoms with Gasteiger partial charge in [0.2, 0.25) is 0 Å². The molecular weight excluding hydrogens is 334 g/mol. The van der Waals surface area contributed by atoms with Crippen molar-refractivity contribution in [2.75, 3.05) is 12.4 Å². The molecule has 0 fully saturated rings. The van der Waals surface area contributed by atoms with E-state index in [0.717, 1.165) is 16.9 Å². The Kier molecular flexibility index (Phi) is 5.28. The summed E-state index contributed by atoms with van der Waals surface area (Å²) in [5, 5.41) is 2.85. The van der Waals surface area contributed by atoms with E-state index in [4.69, 9.17) is 4.74 Å². The first-order valence-corrected chi connectivity index (χ1v) is 9.02. The van der Waals surface area contributed by atoms with Crippen LogP contribution in [0.25, 0.3) is 5.76 Å². The summed E-state index contributed by atoms with van der Waals surface area (Å²) in [6, 6.07) is 13.4. The van der Waals surface area contributed by atoms with E-state index < -0.39 is 0 Å². The minimum absolute atomic E-state index is 0.0113. The molecule has 0 saturated heterocycles. The van der Waals surface area contributed by atoms with E-state index in [1.165, 1.54) is 11.9 Å². The molecule has 1 amide bonds. The third-order valence-electron chi connectivity index (χ3n) is 3.91. The molecule has 1 aliphatic heterocycles. The van der Waals surface area contributed by atoms with Gasteiger partial charge in [0.1, 0.15) is 5.82 Å². The van der Waals surface area contributed by atoms with Crippen molar-refractivity contribution in [3.05, 3.63) is 59.9 Å². The average molecular weight is 355 g/mol. The quantitative estimate of drug-likeness (QED) is 0.816. The second kappa shape index (κ2) is 7.61. The number of likely N-dealkylation sites (N-methyl/N-ethyl adjacent to an activating group) is 1. The lowest BCUT2D eigenvalue weighted by atomic mass is 10.1. The molecule has 5 nitrogen and oxygen atoms in total. The molecule has 25 heavy (non-hydrogen) atoms. The second-order valence-corrected chi connectivity index (χ2v) is 6.94. The van der Waals surface area contributed by atoms with E-state index in [-0.39, 0.29) is 12.0 Å². The maximum Gasteiger partial charge on any atom is 0.277 e. The van der Waals surface area contributed by atoms with Gasteiger partial charge in [-0.25, -0.2) is 4.98 Å². The van der Waals surface area contributed by atoms with Crippen molar-refractivity contribution in [3.63, 3.8) is 0 Å². The van der Waals surface area contributed by atoms with E-state index in [0.29, 0.717) is 17.3 Å². The maximum absolute atomic E-state index is 12.9. The number of carbonyl (C=O) groups is 1. The number of nitrogens with one attached hydrogen (secondary N) is 1. The number of pyridine rings is 1. The van der Waals surface area contributed by atoms with E-state index >= 15 is 0 Å². The number of amides is 1. The largest absolute Gasteiger partial charge is 0.488 e. The number of nitrogens with zero attached hydrogens (tertiary/aromatic N) is 2.